The molecule has 3 aromatic rings. The van der Waals surface area contributed by atoms with Crippen molar-refractivity contribution in [1.82, 2.24) is 9.88 Å². The Morgan fingerprint density at radius 2 is 1.96 bits per heavy atom. The first kappa shape index (κ1) is 16.4. The highest BCUT2D eigenvalue weighted by atomic mass is 16.4. The van der Waals surface area contributed by atoms with Gasteiger partial charge >= 0.3 is 5.97 Å². The predicted octanol–water partition coefficient (Wildman–Crippen LogP) is 3.79. The van der Waals surface area contributed by atoms with E-state index in [4.69, 9.17) is 9.52 Å². The van der Waals surface area contributed by atoms with E-state index in [0.717, 1.165) is 24.6 Å². The quantitative estimate of drug-likeness (QED) is 0.751. The standard InChI is InChI=1S/C20H20N2O4/c1-12-18(15-4-2-3-5-16(15)21-12)13-6-8-22(9-7-13)19(23)17-10-14(11-26-17)20(24)25/h2-5,10-11,13,21H,6-9H2,1H3,(H,24,25). The topological polar surface area (TPSA) is 86.5 Å². The van der Waals surface area contributed by atoms with Crippen LogP contribution in [0.25, 0.3) is 10.9 Å². The average molecular weight is 352 g/mol. The molecule has 0 spiro atoms. The van der Waals surface area contributed by atoms with Crippen LogP contribution in [-0.4, -0.2) is 40.0 Å². The molecule has 4 rings (SSSR count). The Hall–Kier alpha value is -3.02. The van der Waals surface area contributed by atoms with E-state index in [1.165, 1.54) is 22.7 Å². The lowest BCUT2D eigenvalue weighted by Gasteiger charge is -2.31. The second-order valence-corrected chi connectivity index (χ2v) is 6.78. The number of carboxylic acids is 1. The molecule has 1 aliphatic heterocycles. The highest BCUT2D eigenvalue weighted by Gasteiger charge is 2.28. The number of carboxylic acid groups (broad SMARTS) is 1. The summed E-state index contributed by atoms with van der Waals surface area (Å²) in [6.45, 7) is 3.36. The second-order valence-electron chi connectivity index (χ2n) is 6.78. The SMILES string of the molecule is Cc1[nH]c2ccccc2c1C1CCN(C(=O)c2cc(C(=O)O)co2)CC1. The molecule has 0 atom stereocenters. The van der Waals surface area contributed by atoms with Gasteiger partial charge in [0.25, 0.3) is 5.91 Å². The van der Waals surface area contributed by atoms with E-state index in [1.807, 2.05) is 6.07 Å². The molecule has 0 radical (unpaired) electrons. The van der Waals surface area contributed by atoms with Gasteiger partial charge in [-0.2, -0.15) is 0 Å². The van der Waals surface area contributed by atoms with Crippen LogP contribution in [0.1, 0.15) is 50.9 Å². The monoisotopic (exact) mass is 352 g/mol. The number of rotatable bonds is 3. The van der Waals surface area contributed by atoms with Crippen LogP contribution in [0.15, 0.2) is 41.0 Å². The minimum Gasteiger partial charge on any atom is -0.478 e. The predicted molar refractivity (Wildman–Crippen MR) is 96.6 cm³/mol. The summed E-state index contributed by atoms with van der Waals surface area (Å²) < 4.78 is 5.14. The van der Waals surface area contributed by atoms with Crippen LogP contribution in [0.4, 0.5) is 0 Å². The second kappa shape index (κ2) is 6.37. The van der Waals surface area contributed by atoms with Crippen molar-refractivity contribution in [3.8, 4) is 0 Å². The lowest BCUT2D eigenvalue weighted by atomic mass is 9.87. The van der Waals surface area contributed by atoms with Crippen molar-refractivity contribution in [2.75, 3.05) is 13.1 Å². The summed E-state index contributed by atoms with van der Waals surface area (Å²) in [6.07, 6.45) is 2.86. The number of para-hydroxylation sites is 1. The van der Waals surface area contributed by atoms with Crippen LogP contribution in [0.3, 0.4) is 0 Å². The number of fused-ring (bicyclic) bond motifs is 1. The molecule has 2 N–H and O–H groups in total. The smallest absolute Gasteiger partial charge is 0.338 e. The Kier molecular flexibility index (Phi) is 4.03. The number of aromatic nitrogens is 1. The zero-order valence-corrected chi connectivity index (χ0v) is 14.5. The molecule has 3 heterocycles. The molecule has 1 aromatic carbocycles. The Bertz CT molecular complexity index is 977. The number of carbonyl (C=O) groups excluding carboxylic acids is 1. The molecule has 1 aliphatic rings. The molecule has 134 valence electrons. The van der Waals surface area contributed by atoms with Crippen molar-refractivity contribution in [2.45, 2.75) is 25.7 Å². The fourth-order valence-corrected chi connectivity index (χ4v) is 3.91. The molecule has 1 fully saturated rings. The van der Waals surface area contributed by atoms with Gasteiger partial charge in [0.15, 0.2) is 5.76 Å². The summed E-state index contributed by atoms with van der Waals surface area (Å²) in [5.74, 6) is -0.849. The van der Waals surface area contributed by atoms with Crippen LogP contribution in [-0.2, 0) is 0 Å². The third kappa shape index (κ3) is 2.77. The van der Waals surface area contributed by atoms with Gasteiger partial charge in [-0.1, -0.05) is 18.2 Å². The van der Waals surface area contributed by atoms with Gasteiger partial charge in [0.2, 0.25) is 0 Å². The molecule has 2 aromatic heterocycles. The molecule has 26 heavy (non-hydrogen) atoms. The van der Waals surface area contributed by atoms with Crippen LogP contribution >= 0.6 is 0 Å². The van der Waals surface area contributed by atoms with Crippen molar-refractivity contribution < 1.29 is 19.1 Å². The van der Waals surface area contributed by atoms with E-state index in [9.17, 15) is 9.59 Å². The Balaban J connectivity index is 1.49. The lowest BCUT2D eigenvalue weighted by Crippen LogP contribution is -2.37. The van der Waals surface area contributed by atoms with Crippen LogP contribution in [0.5, 0.6) is 0 Å². The number of aryl methyl sites for hydroxylation is 1. The largest absolute Gasteiger partial charge is 0.478 e. The van der Waals surface area contributed by atoms with Crippen molar-refractivity contribution in [2.24, 2.45) is 0 Å². The van der Waals surface area contributed by atoms with Crippen molar-refractivity contribution in [3.63, 3.8) is 0 Å². The normalized spacial score (nSPS) is 15.5. The summed E-state index contributed by atoms with van der Waals surface area (Å²) in [5.41, 5.74) is 3.68. The molecule has 6 nitrogen and oxygen atoms in total. The minimum atomic E-state index is -1.10. The molecule has 0 aliphatic carbocycles. The zero-order chi connectivity index (χ0) is 18.3. The number of amides is 1. The molecule has 1 saturated heterocycles. The number of aromatic carboxylic acids is 1. The van der Waals surface area contributed by atoms with Gasteiger partial charge in [0.05, 0.1) is 5.56 Å². The van der Waals surface area contributed by atoms with Gasteiger partial charge in [-0.25, -0.2) is 4.79 Å². The maximum atomic E-state index is 12.5. The number of nitrogens with zero attached hydrogens (tertiary/aromatic N) is 1. The first-order valence-corrected chi connectivity index (χ1v) is 8.73. The van der Waals surface area contributed by atoms with Gasteiger partial charge in [-0.05, 0) is 37.3 Å². The number of furan rings is 1. The van der Waals surface area contributed by atoms with E-state index in [-0.39, 0.29) is 17.2 Å². The molecular formula is C20H20N2O4. The van der Waals surface area contributed by atoms with Gasteiger partial charge in [-0.15, -0.1) is 0 Å². The van der Waals surface area contributed by atoms with E-state index in [2.05, 4.69) is 30.1 Å². The van der Waals surface area contributed by atoms with Crippen LogP contribution in [0, 0.1) is 6.92 Å². The first-order chi connectivity index (χ1) is 12.5. The number of H-pyrrole nitrogens is 1. The van der Waals surface area contributed by atoms with Gasteiger partial charge < -0.3 is 19.4 Å². The lowest BCUT2D eigenvalue weighted by molar-refractivity contribution is 0.0677. The number of carbonyl (C=O) groups is 2. The highest BCUT2D eigenvalue weighted by Crippen LogP contribution is 2.35. The molecule has 0 bridgehead atoms. The summed E-state index contributed by atoms with van der Waals surface area (Å²) >= 11 is 0. The zero-order valence-electron chi connectivity index (χ0n) is 14.5. The van der Waals surface area contributed by atoms with Crippen molar-refractivity contribution in [1.29, 1.82) is 0 Å². The fourth-order valence-electron chi connectivity index (χ4n) is 3.91. The number of hydrogen-bond acceptors (Lipinski definition) is 3. The Labute approximate surface area is 150 Å². The number of benzene rings is 1. The summed E-state index contributed by atoms with van der Waals surface area (Å²) in [5, 5.41) is 10.2. The molecule has 0 unspecified atom stereocenters. The number of likely N-dealkylation sites (tertiary alicyclic amines) is 1. The van der Waals surface area contributed by atoms with Gasteiger partial charge in [0.1, 0.15) is 6.26 Å². The summed E-state index contributed by atoms with van der Waals surface area (Å²) in [4.78, 5) is 28.7. The van der Waals surface area contributed by atoms with E-state index in [0.29, 0.717) is 19.0 Å². The molecule has 0 saturated carbocycles. The Morgan fingerprint density at radius 3 is 2.65 bits per heavy atom. The molecule has 1 amide bonds. The maximum Gasteiger partial charge on any atom is 0.338 e. The van der Waals surface area contributed by atoms with E-state index >= 15 is 0 Å². The fraction of sp³-hybridized carbons (Fsp3) is 0.300. The molecule has 6 heteroatoms. The van der Waals surface area contributed by atoms with Crippen LogP contribution in [0.2, 0.25) is 0 Å². The number of piperidine rings is 1. The first-order valence-electron chi connectivity index (χ1n) is 8.73. The third-order valence-electron chi connectivity index (χ3n) is 5.19. The number of hydrogen-bond donors (Lipinski definition) is 2. The summed E-state index contributed by atoms with van der Waals surface area (Å²) in [6, 6.07) is 9.59. The number of nitrogens with one attached hydrogen (secondary N) is 1. The van der Waals surface area contributed by atoms with Gasteiger partial charge in [-0.3, -0.25) is 4.79 Å². The van der Waals surface area contributed by atoms with Crippen molar-refractivity contribution >= 4 is 22.8 Å². The van der Waals surface area contributed by atoms with Crippen molar-refractivity contribution in [3.05, 3.63) is 59.2 Å². The van der Waals surface area contributed by atoms with E-state index in [1.54, 1.807) is 4.90 Å². The Morgan fingerprint density at radius 1 is 1.23 bits per heavy atom. The average Bonchev–Trinajstić information content (AvgIpc) is 3.25. The molecular weight excluding hydrogens is 332 g/mol. The van der Waals surface area contributed by atoms with Crippen LogP contribution < -0.4 is 0 Å². The summed E-state index contributed by atoms with van der Waals surface area (Å²) in [7, 11) is 0. The third-order valence-corrected chi connectivity index (χ3v) is 5.19. The number of aromatic amines is 1. The van der Waals surface area contributed by atoms with E-state index < -0.39 is 5.97 Å². The highest BCUT2D eigenvalue weighted by molar-refractivity contribution is 5.95. The van der Waals surface area contributed by atoms with Gasteiger partial charge in [0, 0.05) is 35.8 Å². The minimum absolute atomic E-state index is 0.00217. The maximum absolute atomic E-state index is 12.5.